The van der Waals surface area contributed by atoms with Crippen molar-refractivity contribution in [1.82, 2.24) is 24.8 Å². The molecular weight excluding hydrogens is 340 g/mol. The average molecular weight is 358 g/mol. The molecule has 0 bridgehead atoms. The second-order valence-corrected chi connectivity index (χ2v) is 6.83. The lowest BCUT2D eigenvalue weighted by Gasteiger charge is -2.28. The zero-order chi connectivity index (χ0) is 17.4. The molecule has 130 valence electrons. The number of aryl methyl sites for hydroxylation is 1. The molecule has 1 aliphatic heterocycles. The lowest BCUT2D eigenvalue weighted by molar-refractivity contribution is 0.564. The highest BCUT2D eigenvalue weighted by molar-refractivity contribution is 7.79. The molecular formula is C16H18N6O2S. The van der Waals surface area contributed by atoms with Crippen molar-refractivity contribution in [3.05, 3.63) is 36.4 Å². The number of aromatic nitrogens is 4. The van der Waals surface area contributed by atoms with E-state index in [4.69, 9.17) is 4.55 Å². The molecule has 3 heterocycles. The highest BCUT2D eigenvalue weighted by Gasteiger charge is 2.19. The number of hydrogen-bond donors (Lipinski definition) is 2. The number of imidazole rings is 1. The van der Waals surface area contributed by atoms with Gasteiger partial charge in [0.05, 0.1) is 4.90 Å². The molecule has 0 spiro atoms. The fraction of sp³-hybridized carbons (Fsp3) is 0.312. The van der Waals surface area contributed by atoms with Gasteiger partial charge in [0, 0.05) is 31.9 Å². The Labute approximate surface area is 147 Å². The van der Waals surface area contributed by atoms with Crippen LogP contribution in [0.4, 0.5) is 5.82 Å². The minimum absolute atomic E-state index is 0.362. The second kappa shape index (κ2) is 6.51. The first-order chi connectivity index (χ1) is 12.1. The summed E-state index contributed by atoms with van der Waals surface area (Å²) in [7, 11) is 0. The number of nitrogens with zero attached hydrogens (tertiary/aromatic N) is 5. The molecule has 0 aliphatic carbocycles. The molecule has 8 nitrogen and oxygen atoms in total. The molecule has 1 aromatic carbocycles. The van der Waals surface area contributed by atoms with Gasteiger partial charge >= 0.3 is 0 Å². The summed E-state index contributed by atoms with van der Waals surface area (Å²) in [5.74, 6) is 1.55. The van der Waals surface area contributed by atoms with Gasteiger partial charge in [-0.05, 0) is 31.2 Å². The van der Waals surface area contributed by atoms with Gasteiger partial charge in [-0.15, -0.1) is 0 Å². The number of anilines is 1. The molecule has 2 N–H and O–H groups in total. The average Bonchev–Trinajstić information content (AvgIpc) is 3.05. The standard InChI is InChI=1S/C16H18N6O2S/c1-11-19-15(21-8-6-17-7-9-21)14-16(20-11)22(10-18-14)12-2-4-13(5-3-12)25(23)24/h2-5,10,17H,6-9H2,1H3,(H,23,24). The number of hydrogen-bond acceptors (Lipinski definition) is 6. The number of rotatable bonds is 3. The van der Waals surface area contributed by atoms with Gasteiger partial charge in [0.15, 0.2) is 28.1 Å². The SMILES string of the molecule is Cc1nc(N2CCNCC2)c2ncn(-c3ccc(S(=O)O)cc3)c2n1. The van der Waals surface area contributed by atoms with Gasteiger partial charge in [0.1, 0.15) is 12.2 Å². The zero-order valence-electron chi connectivity index (χ0n) is 13.7. The first-order valence-electron chi connectivity index (χ1n) is 8.02. The van der Waals surface area contributed by atoms with Crippen LogP contribution in [0.1, 0.15) is 5.82 Å². The lowest BCUT2D eigenvalue weighted by atomic mass is 10.3. The Bertz CT molecular complexity index is 934. The summed E-state index contributed by atoms with van der Waals surface area (Å²) < 4.78 is 22.2. The van der Waals surface area contributed by atoms with Crippen LogP contribution in [0.5, 0.6) is 0 Å². The summed E-state index contributed by atoms with van der Waals surface area (Å²) in [5, 5.41) is 3.34. The van der Waals surface area contributed by atoms with Gasteiger partial charge in [0.25, 0.3) is 0 Å². The van der Waals surface area contributed by atoms with Crippen molar-refractivity contribution in [2.75, 3.05) is 31.1 Å². The number of benzene rings is 1. The summed E-state index contributed by atoms with van der Waals surface area (Å²) in [6.45, 7) is 5.49. The third-order valence-electron chi connectivity index (χ3n) is 4.22. The van der Waals surface area contributed by atoms with E-state index in [-0.39, 0.29) is 0 Å². The largest absolute Gasteiger partial charge is 0.352 e. The molecule has 1 fully saturated rings. The van der Waals surface area contributed by atoms with Crippen molar-refractivity contribution in [1.29, 1.82) is 0 Å². The van der Waals surface area contributed by atoms with Crippen LogP contribution in [0.25, 0.3) is 16.9 Å². The fourth-order valence-corrected chi connectivity index (χ4v) is 3.37. The Balaban J connectivity index is 1.80. The molecule has 9 heteroatoms. The molecule has 0 radical (unpaired) electrons. The van der Waals surface area contributed by atoms with E-state index >= 15 is 0 Å². The third kappa shape index (κ3) is 3.01. The molecule has 4 rings (SSSR count). The summed E-state index contributed by atoms with van der Waals surface area (Å²) in [6, 6.07) is 6.82. The maximum Gasteiger partial charge on any atom is 0.186 e. The fourth-order valence-electron chi connectivity index (χ4n) is 3.00. The van der Waals surface area contributed by atoms with Gasteiger partial charge in [-0.1, -0.05) is 0 Å². The normalized spacial score (nSPS) is 16.3. The van der Waals surface area contributed by atoms with Gasteiger partial charge < -0.3 is 14.8 Å². The smallest absolute Gasteiger partial charge is 0.186 e. The van der Waals surface area contributed by atoms with Crippen LogP contribution < -0.4 is 10.2 Å². The van der Waals surface area contributed by atoms with E-state index in [9.17, 15) is 4.21 Å². The molecule has 25 heavy (non-hydrogen) atoms. The summed E-state index contributed by atoms with van der Waals surface area (Å²) in [5.41, 5.74) is 2.34. The Morgan fingerprint density at radius 3 is 2.56 bits per heavy atom. The topological polar surface area (TPSA) is 96.2 Å². The number of nitrogens with one attached hydrogen (secondary N) is 1. The van der Waals surface area contributed by atoms with Gasteiger partial charge in [-0.2, -0.15) is 0 Å². The summed E-state index contributed by atoms with van der Waals surface area (Å²) >= 11 is -1.98. The van der Waals surface area contributed by atoms with E-state index in [1.807, 2.05) is 11.5 Å². The van der Waals surface area contributed by atoms with E-state index in [2.05, 4.69) is 25.2 Å². The Morgan fingerprint density at radius 1 is 1.16 bits per heavy atom. The molecule has 2 aromatic heterocycles. The molecule has 3 aromatic rings. The molecule has 1 saturated heterocycles. The van der Waals surface area contributed by atoms with E-state index < -0.39 is 11.1 Å². The molecule has 1 unspecified atom stereocenters. The predicted octanol–water partition coefficient (Wildman–Crippen LogP) is 1.11. The van der Waals surface area contributed by atoms with Crippen molar-refractivity contribution in [2.24, 2.45) is 0 Å². The van der Waals surface area contributed by atoms with Crippen LogP contribution in [-0.4, -0.2) is 54.5 Å². The Kier molecular flexibility index (Phi) is 4.20. The van der Waals surface area contributed by atoms with E-state index in [0.29, 0.717) is 10.7 Å². The number of piperazine rings is 1. The molecule has 0 amide bonds. The van der Waals surface area contributed by atoms with Crippen molar-refractivity contribution in [3.63, 3.8) is 0 Å². The lowest BCUT2D eigenvalue weighted by Crippen LogP contribution is -2.44. The van der Waals surface area contributed by atoms with Crippen LogP contribution in [-0.2, 0) is 11.1 Å². The molecule has 0 saturated carbocycles. The van der Waals surface area contributed by atoms with Crippen molar-refractivity contribution in [2.45, 2.75) is 11.8 Å². The number of fused-ring (bicyclic) bond motifs is 1. The summed E-state index contributed by atoms with van der Waals surface area (Å²) in [4.78, 5) is 16.3. The van der Waals surface area contributed by atoms with E-state index in [0.717, 1.165) is 48.8 Å². The first kappa shape index (κ1) is 16.1. The maximum atomic E-state index is 11.1. The minimum Gasteiger partial charge on any atom is -0.352 e. The quantitative estimate of drug-likeness (QED) is 0.677. The molecule has 1 aliphatic rings. The Hall–Kier alpha value is -2.36. The van der Waals surface area contributed by atoms with E-state index in [1.54, 1.807) is 30.6 Å². The Morgan fingerprint density at radius 2 is 1.88 bits per heavy atom. The minimum atomic E-state index is -1.98. The summed E-state index contributed by atoms with van der Waals surface area (Å²) in [6.07, 6.45) is 1.72. The predicted molar refractivity (Wildman–Crippen MR) is 95.5 cm³/mol. The first-order valence-corrected chi connectivity index (χ1v) is 9.13. The van der Waals surface area contributed by atoms with Gasteiger partial charge in [-0.3, -0.25) is 4.57 Å². The van der Waals surface area contributed by atoms with Crippen molar-refractivity contribution < 1.29 is 8.76 Å². The van der Waals surface area contributed by atoms with Gasteiger partial charge in [0.2, 0.25) is 0 Å². The van der Waals surface area contributed by atoms with Crippen molar-refractivity contribution >= 4 is 28.1 Å². The maximum absolute atomic E-state index is 11.1. The third-order valence-corrected chi connectivity index (χ3v) is 4.90. The van der Waals surface area contributed by atoms with Crippen LogP contribution in [0.2, 0.25) is 0 Å². The highest BCUT2D eigenvalue weighted by Crippen LogP contribution is 2.25. The van der Waals surface area contributed by atoms with Crippen LogP contribution in [0.3, 0.4) is 0 Å². The van der Waals surface area contributed by atoms with Gasteiger partial charge in [-0.25, -0.2) is 19.2 Å². The zero-order valence-corrected chi connectivity index (χ0v) is 14.5. The van der Waals surface area contributed by atoms with E-state index in [1.165, 1.54) is 0 Å². The van der Waals surface area contributed by atoms with Crippen LogP contribution >= 0.6 is 0 Å². The second-order valence-electron chi connectivity index (χ2n) is 5.86. The van der Waals surface area contributed by atoms with Crippen LogP contribution in [0, 0.1) is 6.92 Å². The monoisotopic (exact) mass is 358 g/mol. The van der Waals surface area contributed by atoms with Crippen molar-refractivity contribution in [3.8, 4) is 5.69 Å². The highest BCUT2D eigenvalue weighted by atomic mass is 32.2. The molecule has 1 atom stereocenters. The van der Waals surface area contributed by atoms with Crippen LogP contribution in [0.15, 0.2) is 35.5 Å².